The van der Waals surface area contributed by atoms with Crippen LogP contribution in [0.1, 0.15) is 31.4 Å². The second kappa shape index (κ2) is 4.33. The van der Waals surface area contributed by atoms with Crippen molar-refractivity contribution in [2.75, 3.05) is 6.61 Å². The van der Waals surface area contributed by atoms with Crippen molar-refractivity contribution in [2.24, 2.45) is 5.41 Å². The zero-order valence-corrected chi connectivity index (χ0v) is 10.3. The molecule has 5 nitrogen and oxygen atoms in total. The number of aromatic nitrogens is 1. The zero-order chi connectivity index (χ0) is 12.6. The van der Waals surface area contributed by atoms with Crippen molar-refractivity contribution >= 4 is 5.91 Å². The lowest BCUT2D eigenvalue weighted by molar-refractivity contribution is -0.150. The van der Waals surface area contributed by atoms with Crippen molar-refractivity contribution in [1.29, 1.82) is 0 Å². The summed E-state index contributed by atoms with van der Waals surface area (Å²) in [4.78, 5) is 21.4. The van der Waals surface area contributed by atoms with Gasteiger partial charge in [0.1, 0.15) is 6.10 Å². The van der Waals surface area contributed by atoms with E-state index in [-0.39, 0.29) is 23.5 Å². The van der Waals surface area contributed by atoms with E-state index in [1.54, 1.807) is 12.4 Å². The van der Waals surface area contributed by atoms with E-state index in [0.717, 1.165) is 18.4 Å². The number of nitrogens with zero attached hydrogens (tertiary/aromatic N) is 1. The molecule has 96 valence electrons. The van der Waals surface area contributed by atoms with Gasteiger partial charge in [0.15, 0.2) is 0 Å². The summed E-state index contributed by atoms with van der Waals surface area (Å²) in [7, 11) is 0. The molecule has 0 radical (unpaired) electrons. The molecule has 0 unspecified atom stereocenters. The van der Waals surface area contributed by atoms with Gasteiger partial charge in [0, 0.05) is 12.4 Å². The van der Waals surface area contributed by atoms with Gasteiger partial charge in [-0.2, -0.15) is 0 Å². The van der Waals surface area contributed by atoms with Gasteiger partial charge in [-0.3, -0.25) is 14.6 Å². The fourth-order valence-corrected chi connectivity index (χ4v) is 2.53. The first-order chi connectivity index (χ1) is 8.70. The topological polar surface area (TPSA) is 60.5 Å². The summed E-state index contributed by atoms with van der Waals surface area (Å²) in [5.74, 6) is -0.0582. The minimum atomic E-state index is -0.331. The lowest BCUT2D eigenvalue weighted by Gasteiger charge is -2.33. The van der Waals surface area contributed by atoms with Gasteiger partial charge in [-0.15, -0.1) is 0 Å². The van der Waals surface area contributed by atoms with Gasteiger partial charge in [-0.25, -0.2) is 5.48 Å². The lowest BCUT2D eigenvalue weighted by atomic mass is 9.70. The van der Waals surface area contributed by atoms with Crippen molar-refractivity contribution < 1.29 is 14.4 Å². The molecule has 1 amide bonds. The molecule has 3 heterocycles. The molecule has 0 spiro atoms. The quantitative estimate of drug-likeness (QED) is 0.817. The van der Waals surface area contributed by atoms with Crippen molar-refractivity contribution in [1.82, 2.24) is 10.5 Å². The molecule has 18 heavy (non-hydrogen) atoms. The maximum absolute atomic E-state index is 12.0. The Bertz CT molecular complexity index is 437. The first-order valence-corrected chi connectivity index (χ1v) is 6.17. The van der Waals surface area contributed by atoms with E-state index in [4.69, 9.17) is 9.57 Å². The summed E-state index contributed by atoms with van der Waals surface area (Å²) in [6.07, 6.45) is 5.16. The largest absolute Gasteiger partial charge is 0.377 e. The van der Waals surface area contributed by atoms with Gasteiger partial charge in [0.2, 0.25) is 0 Å². The highest BCUT2D eigenvalue weighted by atomic mass is 16.7. The van der Waals surface area contributed by atoms with Crippen LogP contribution in [0.2, 0.25) is 0 Å². The van der Waals surface area contributed by atoms with Gasteiger partial charge in [-0.05, 0) is 37.5 Å². The molecule has 1 saturated carbocycles. The van der Waals surface area contributed by atoms with E-state index in [2.05, 4.69) is 10.5 Å². The minimum absolute atomic E-state index is 0.0582. The summed E-state index contributed by atoms with van der Waals surface area (Å²) >= 11 is 0. The molecule has 1 N–H and O–H groups in total. The normalized spacial score (nSPS) is 30.6. The molecule has 0 aromatic carbocycles. The Morgan fingerprint density at radius 3 is 2.89 bits per heavy atom. The van der Waals surface area contributed by atoms with Crippen molar-refractivity contribution in [3.63, 3.8) is 0 Å². The van der Waals surface area contributed by atoms with Crippen LogP contribution < -0.4 is 5.48 Å². The van der Waals surface area contributed by atoms with Gasteiger partial charge in [-0.1, -0.05) is 0 Å². The van der Waals surface area contributed by atoms with Crippen LogP contribution >= 0.6 is 0 Å². The molecule has 3 aliphatic rings. The van der Waals surface area contributed by atoms with E-state index in [0.29, 0.717) is 6.61 Å². The lowest BCUT2D eigenvalue weighted by Crippen LogP contribution is -2.47. The summed E-state index contributed by atoms with van der Waals surface area (Å²) in [5, 5.41) is 0. The van der Waals surface area contributed by atoms with Crippen LogP contribution in [-0.4, -0.2) is 23.6 Å². The second-order valence-corrected chi connectivity index (χ2v) is 5.09. The number of hydrogen-bond acceptors (Lipinski definition) is 4. The number of rotatable bonds is 4. The van der Waals surface area contributed by atoms with E-state index in [1.165, 1.54) is 0 Å². The Labute approximate surface area is 105 Å². The first-order valence-electron chi connectivity index (χ1n) is 6.17. The van der Waals surface area contributed by atoms with Gasteiger partial charge in [0.05, 0.1) is 18.1 Å². The smallest absolute Gasteiger partial charge is 0.252 e. The third kappa shape index (κ3) is 1.89. The summed E-state index contributed by atoms with van der Waals surface area (Å²) < 4.78 is 5.42. The Morgan fingerprint density at radius 1 is 1.56 bits per heavy atom. The molecule has 2 aliphatic heterocycles. The number of nitrogens with one attached hydrogen (secondary N) is 1. The highest BCUT2D eigenvalue weighted by Crippen LogP contribution is 2.50. The summed E-state index contributed by atoms with van der Waals surface area (Å²) in [5.41, 5.74) is 3.21. The SMILES string of the molecule is C[C@H](ONC(=O)C12COC(C1)C2)c1ccncc1. The Balaban J connectivity index is 1.54. The molecule has 2 saturated heterocycles. The molecular weight excluding hydrogens is 232 g/mol. The van der Waals surface area contributed by atoms with Crippen molar-refractivity contribution in [3.8, 4) is 0 Å². The highest BCUT2D eigenvalue weighted by molar-refractivity contribution is 5.83. The molecule has 2 bridgehead atoms. The van der Waals surface area contributed by atoms with E-state index >= 15 is 0 Å². The van der Waals surface area contributed by atoms with Crippen LogP contribution in [0.25, 0.3) is 0 Å². The maximum Gasteiger partial charge on any atom is 0.252 e. The molecule has 3 fully saturated rings. The second-order valence-electron chi connectivity index (χ2n) is 5.09. The molecule has 4 rings (SSSR count). The van der Waals surface area contributed by atoms with Crippen LogP contribution in [0.3, 0.4) is 0 Å². The highest BCUT2D eigenvalue weighted by Gasteiger charge is 2.57. The third-order valence-corrected chi connectivity index (χ3v) is 3.82. The maximum atomic E-state index is 12.0. The van der Waals surface area contributed by atoms with Gasteiger partial charge in [0.25, 0.3) is 5.91 Å². The van der Waals surface area contributed by atoms with Crippen molar-refractivity contribution in [3.05, 3.63) is 30.1 Å². The molecule has 1 aliphatic carbocycles. The van der Waals surface area contributed by atoms with Crippen molar-refractivity contribution in [2.45, 2.75) is 32.0 Å². The van der Waals surface area contributed by atoms with Gasteiger partial charge >= 0.3 is 0 Å². The van der Waals surface area contributed by atoms with Gasteiger partial charge < -0.3 is 4.74 Å². The average molecular weight is 248 g/mol. The van der Waals surface area contributed by atoms with Crippen LogP contribution in [0.5, 0.6) is 0 Å². The summed E-state index contributed by atoms with van der Waals surface area (Å²) in [6, 6.07) is 3.74. The monoisotopic (exact) mass is 248 g/mol. The predicted molar refractivity (Wildman–Crippen MR) is 63.3 cm³/mol. The molecular formula is C13H16N2O3. The number of pyridine rings is 1. The van der Waals surface area contributed by atoms with Crippen LogP contribution in [0.15, 0.2) is 24.5 Å². The standard InChI is InChI=1S/C13H16N2O3/c1-9(10-2-4-14-5-3-10)18-15-12(16)13-6-11(7-13)17-8-13/h2-5,9,11H,6-8H2,1H3,(H,15,16)/t9-,11?,13?/m0/s1. The number of fused-ring (bicyclic) bond motifs is 1. The Hall–Kier alpha value is -1.46. The van der Waals surface area contributed by atoms with Crippen LogP contribution in [0, 0.1) is 5.41 Å². The number of hydrogen-bond donors (Lipinski definition) is 1. The van der Waals surface area contributed by atoms with E-state index < -0.39 is 0 Å². The number of carbonyl (C=O) groups excluding carboxylic acids is 1. The number of ether oxygens (including phenoxy) is 1. The molecule has 1 aromatic heterocycles. The Kier molecular flexibility index (Phi) is 2.80. The minimum Gasteiger partial charge on any atom is -0.377 e. The van der Waals surface area contributed by atoms with E-state index in [1.807, 2.05) is 19.1 Å². The zero-order valence-electron chi connectivity index (χ0n) is 10.3. The fraction of sp³-hybridized carbons (Fsp3) is 0.538. The van der Waals surface area contributed by atoms with E-state index in [9.17, 15) is 4.79 Å². The number of carbonyl (C=O) groups is 1. The Morgan fingerprint density at radius 2 is 2.28 bits per heavy atom. The number of hydroxylamine groups is 1. The predicted octanol–water partition coefficient (Wildman–Crippen LogP) is 1.37. The molecule has 1 atom stereocenters. The fourth-order valence-electron chi connectivity index (χ4n) is 2.53. The van der Waals surface area contributed by atoms with Crippen LogP contribution in [0.4, 0.5) is 0 Å². The summed E-state index contributed by atoms with van der Waals surface area (Å²) in [6.45, 7) is 2.42. The number of amides is 1. The first kappa shape index (κ1) is 11.6. The third-order valence-electron chi connectivity index (χ3n) is 3.82. The molecule has 1 aromatic rings. The average Bonchev–Trinajstić information content (AvgIpc) is 2.97. The molecule has 5 heteroatoms. The van der Waals surface area contributed by atoms with Crippen LogP contribution in [-0.2, 0) is 14.4 Å².